The second-order valence-corrected chi connectivity index (χ2v) is 5.74. The SMILES string of the molecule is Cc1ccc(C(=O)NCC(Br)C2CC2)cc1O. The number of aromatic hydroxyl groups is 1. The molecule has 1 aliphatic rings. The van der Waals surface area contributed by atoms with Crippen LogP contribution in [0.5, 0.6) is 5.75 Å². The zero-order valence-electron chi connectivity index (χ0n) is 9.74. The number of benzene rings is 1. The van der Waals surface area contributed by atoms with Crippen LogP contribution in [0.2, 0.25) is 0 Å². The molecule has 1 aromatic carbocycles. The van der Waals surface area contributed by atoms with Crippen molar-refractivity contribution in [2.45, 2.75) is 24.6 Å². The van der Waals surface area contributed by atoms with Crippen molar-refractivity contribution >= 4 is 21.8 Å². The van der Waals surface area contributed by atoms with Crippen LogP contribution >= 0.6 is 15.9 Å². The van der Waals surface area contributed by atoms with Gasteiger partial charge in [-0.25, -0.2) is 0 Å². The fraction of sp³-hybridized carbons (Fsp3) is 0.462. The van der Waals surface area contributed by atoms with Crippen LogP contribution in [-0.2, 0) is 0 Å². The number of rotatable bonds is 4. The van der Waals surface area contributed by atoms with Gasteiger partial charge in [-0.05, 0) is 43.4 Å². The zero-order chi connectivity index (χ0) is 12.4. The van der Waals surface area contributed by atoms with E-state index in [1.807, 2.05) is 0 Å². The van der Waals surface area contributed by atoms with Gasteiger partial charge in [0.15, 0.2) is 0 Å². The molecule has 2 N–H and O–H groups in total. The van der Waals surface area contributed by atoms with E-state index in [-0.39, 0.29) is 11.7 Å². The second-order valence-electron chi connectivity index (χ2n) is 4.56. The molecule has 1 unspecified atom stereocenters. The lowest BCUT2D eigenvalue weighted by Crippen LogP contribution is -2.30. The first-order chi connectivity index (χ1) is 8.08. The highest BCUT2D eigenvalue weighted by molar-refractivity contribution is 9.09. The summed E-state index contributed by atoms with van der Waals surface area (Å²) < 4.78 is 0. The molecule has 0 saturated heterocycles. The molecule has 1 aromatic rings. The number of halogens is 1. The molecule has 17 heavy (non-hydrogen) atoms. The van der Waals surface area contributed by atoms with Gasteiger partial charge in [-0.1, -0.05) is 22.0 Å². The standard InChI is InChI=1S/C13H16BrNO2/c1-8-2-3-10(6-12(8)16)13(17)15-7-11(14)9-4-5-9/h2-3,6,9,11,16H,4-5,7H2,1H3,(H,15,17). The number of carbonyl (C=O) groups excluding carboxylic acids is 1. The van der Waals surface area contributed by atoms with Crippen molar-refractivity contribution in [3.05, 3.63) is 29.3 Å². The van der Waals surface area contributed by atoms with E-state index in [9.17, 15) is 9.90 Å². The summed E-state index contributed by atoms with van der Waals surface area (Å²) >= 11 is 3.57. The fourth-order valence-corrected chi connectivity index (χ4v) is 2.36. The van der Waals surface area contributed by atoms with Crippen LogP contribution in [0.15, 0.2) is 18.2 Å². The molecule has 1 amide bonds. The lowest BCUT2D eigenvalue weighted by molar-refractivity contribution is 0.0953. The molecule has 0 radical (unpaired) electrons. The smallest absolute Gasteiger partial charge is 0.251 e. The van der Waals surface area contributed by atoms with Crippen molar-refractivity contribution in [2.24, 2.45) is 5.92 Å². The molecule has 3 nitrogen and oxygen atoms in total. The van der Waals surface area contributed by atoms with Gasteiger partial charge in [-0.3, -0.25) is 4.79 Å². The van der Waals surface area contributed by atoms with E-state index < -0.39 is 0 Å². The molecule has 1 fully saturated rings. The minimum Gasteiger partial charge on any atom is -0.508 e. The number of carbonyl (C=O) groups is 1. The van der Waals surface area contributed by atoms with E-state index in [4.69, 9.17) is 0 Å². The largest absolute Gasteiger partial charge is 0.508 e. The van der Waals surface area contributed by atoms with Gasteiger partial charge in [0.1, 0.15) is 5.75 Å². The molecule has 0 aliphatic heterocycles. The Bertz CT molecular complexity index is 429. The summed E-state index contributed by atoms with van der Waals surface area (Å²) in [4.78, 5) is 12.2. The number of hydrogen-bond donors (Lipinski definition) is 2. The summed E-state index contributed by atoms with van der Waals surface area (Å²) in [5.41, 5.74) is 1.28. The van der Waals surface area contributed by atoms with Gasteiger partial charge >= 0.3 is 0 Å². The highest BCUT2D eigenvalue weighted by Crippen LogP contribution is 2.36. The van der Waals surface area contributed by atoms with E-state index in [0.717, 1.165) is 5.56 Å². The first-order valence-electron chi connectivity index (χ1n) is 5.80. The molecular formula is C13H16BrNO2. The molecule has 0 heterocycles. The Kier molecular flexibility index (Phi) is 3.72. The van der Waals surface area contributed by atoms with Gasteiger partial charge in [0.2, 0.25) is 0 Å². The second kappa shape index (κ2) is 5.08. The van der Waals surface area contributed by atoms with Gasteiger partial charge < -0.3 is 10.4 Å². The van der Waals surface area contributed by atoms with Crippen molar-refractivity contribution in [3.63, 3.8) is 0 Å². The molecule has 1 atom stereocenters. The third-order valence-electron chi connectivity index (χ3n) is 3.06. The molecule has 4 heteroatoms. The number of amides is 1. The predicted octanol–water partition coefficient (Wildman–Crippen LogP) is 2.60. The van der Waals surface area contributed by atoms with Gasteiger partial charge in [-0.15, -0.1) is 0 Å². The first-order valence-corrected chi connectivity index (χ1v) is 6.71. The number of alkyl halides is 1. The maximum Gasteiger partial charge on any atom is 0.251 e. The number of phenols is 1. The lowest BCUT2D eigenvalue weighted by Gasteiger charge is -2.10. The Morgan fingerprint density at radius 3 is 2.88 bits per heavy atom. The topological polar surface area (TPSA) is 49.3 Å². The van der Waals surface area contributed by atoms with Crippen LogP contribution in [0, 0.1) is 12.8 Å². The Morgan fingerprint density at radius 2 is 2.29 bits per heavy atom. The quantitative estimate of drug-likeness (QED) is 0.839. The number of phenolic OH excluding ortho intramolecular Hbond substituents is 1. The van der Waals surface area contributed by atoms with Crippen LogP contribution in [-0.4, -0.2) is 22.4 Å². The monoisotopic (exact) mass is 297 g/mol. The summed E-state index contributed by atoms with van der Waals surface area (Å²) in [6.45, 7) is 2.44. The third-order valence-corrected chi connectivity index (χ3v) is 4.13. The highest BCUT2D eigenvalue weighted by atomic mass is 79.9. The van der Waals surface area contributed by atoms with E-state index >= 15 is 0 Å². The average molecular weight is 298 g/mol. The number of hydrogen-bond acceptors (Lipinski definition) is 2. The minimum absolute atomic E-state index is 0.134. The van der Waals surface area contributed by atoms with Crippen molar-refractivity contribution in [3.8, 4) is 5.75 Å². The summed E-state index contributed by atoms with van der Waals surface area (Å²) in [5, 5.41) is 12.4. The molecule has 1 aliphatic carbocycles. The van der Waals surface area contributed by atoms with Crippen molar-refractivity contribution < 1.29 is 9.90 Å². The summed E-state index contributed by atoms with van der Waals surface area (Å²) in [6, 6.07) is 4.98. The minimum atomic E-state index is -0.134. The maximum atomic E-state index is 11.8. The average Bonchev–Trinajstić information content (AvgIpc) is 3.13. The van der Waals surface area contributed by atoms with Crippen LogP contribution in [0.25, 0.3) is 0 Å². The van der Waals surface area contributed by atoms with Crippen molar-refractivity contribution in [1.82, 2.24) is 5.32 Å². The van der Waals surface area contributed by atoms with E-state index in [0.29, 0.717) is 22.9 Å². The molecule has 1 saturated carbocycles. The zero-order valence-corrected chi connectivity index (χ0v) is 11.3. The van der Waals surface area contributed by atoms with E-state index in [2.05, 4.69) is 21.2 Å². The van der Waals surface area contributed by atoms with Gasteiger partial charge in [0, 0.05) is 16.9 Å². The molecular weight excluding hydrogens is 282 g/mol. The summed E-state index contributed by atoms with van der Waals surface area (Å²) in [6.07, 6.45) is 2.49. The fourth-order valence-electron chi connectivity index (χ4n) is 1.67. The molecule has 0 aromatic heterocycles. The van der Waals surface area contributed by atoms with Crippen molar-refractivity contribution in [2.75, 3.05) is 6.54 Å². The third kappa shape index (κ3) is 3.22. The molecule has 92 valence electrons. The normalized spacial score (nSPS) is 16.6. The Balaban J connectivity index is 1.92. The Labute approximate surface area is 109 Å². The molecule has 0 spiro atoms. The van der Waals surface area contributed by atoms with Crippen LogP contribution in [0.3, 0.4) is 0 Å². The van der Waals surface area contributed by atoms with E-state index in [1.165, 1.54) is 18.9 Å². The van der Waals surface area contributed by atoms with Crippen LogP contribution in [0.4, 0.5) is 0 Å². The highest BCUT2D eigenvalue weighted by Gasteiger charge is 2.29. The summed E-state index contributed by atoms with van der Waals surface area (Å²) in [5.74, 6) is 0.738. The molecule has 2 rings (SSSR count). The summed E-state index contributed by atoms with van der Waals surface area (Å²) in [7, 11) is 0. The molecule has 0 bridgehead atoms. The van der Waals surface area contributed by atoms with Gasteiger partial charge in [-0.2, -0.15) is 0 Å². The van der Waals surface area contributed by atoms with Gasteiger partial charge in [0.05, 0.1) is 0 Å². The first kappa shape index (κ1) is 12.4. The Hall–Kier alpha value is -1.03. The predicted molar refractivity (Wildman–Crippen MR) is 70.6 cm³/mol. The number of aryl methyl sites for hydroxylation is 1. The van der Waals surface area contributed by atoms with Crippen LogP contribution < -0.4 is 5.32 Å². The van der Waals surface area contributed by atoms with Gasteiger partial charge in [0.25, 0.3) is 5.91 Å². The number of nitrogens with one attached hydrogen (secondary N) is 1. The van der Waals surface area contributed by atoms with Crippen molar-refractivity contribution in [1.29, 1.82) is 0 Å². The maximum absolute atomic E-state index is 11.8. The Morgan fingerprint density at radius 1 is 1.59 bits per heavy atom. The van der Waals surface area contributed by atoms with E-state index in [1.54, 1.807) is 19.1 Å². The lowest BCUT2D eigenvalue weighted by atomic mass is 10.1. The van der Waals surface area contributed by atoms with Crippen LogP contribution in [0.1, 0.15) is 28.8 Å².